The van der Waals surface area contributed by atoms with E-state index in [4.69, 9.17) is 9.31 Å². The minimum atomic E-state index is -0.448. The Balaban J connectivity index is 1.81. The predicted molar refractivity (Wildman–Crippen MR) is 99.3 cm³/mol. The van der Waals surface area contributed by atoms with Crippen molar-refractivity contribution in [2.45, 2.75) is 45.8 Å². The number of aromatic nitrogens is 3. The van der Waals surface area contributed by atoms with Crippen LogP contribution in [-0.4, -0.2) is 33.1 Å². The Morgan fingerprint density at radius 2 is 1.72 bits per heavy atom. The molecule has 128 valence electrons. The summed E-state index contributed by atoms with van der Waals surface area (Å²) in [6.07, 6.45) is 5.51. The Bertz CT molecular complexity index is 933. The highest BCUT2D eigenvalue weighted by Crippen LogP contribution is 2.37. The molecule has 0 saturated carbocycles. The molecule has 0 aliphatic carbocycles. The topological polar surface area (TPSA) is 49.2 Å². The third-order valence-electron chi connectivity index (χ3n) is 5.28. The molecule has 0 unspecified atom stereocenters. The van der Waals surface area contributed by atoms with Crippen LogP contribution in [0.1, 0.15) is 33.3 Å². The van der Waals surface area contributed by atoms with Crippen molar-refractivity contribution in [1.29, 1.82) is 0 Å². The molecule has 6 heteroatoms. The standard InChI is InChI=1S/C19H22BN3O2/c1-13-7-6-8-14(9-13)23-17-12-21-11-16(15(17)10-22-23)20-24-18(2,3)19(4,5)25-20/h6-12H,1-5H3. The van der Waals surface area contributed by atoms with Crippen molar-refractivity contribution < 1.29 is 9.31 Å². The highest BCUT2D eigenvalue weighted by atomic mass is 16.7. The van der Waals surface area contributed by atoms with Crippen LogP contribution >= 0.6 is 0 Å². The number of pyridine rings is 1. The number of hydrogen-bond donors (Lipinski definition) is 0. The van der Waals surface area contributed by atoms with E-state index in [0.717, 1.165) is 22.1 Å². The third kappa shape index (κ3) is 2.57. The van der Waals surface area contributed by atoms with Crippen LogP contribution in [0.25, 0.3) is 16.6 Å². The molecule has 1 fully saturated rings. The highest BCUT2D eigenvalue weighted by Gasteiger charge is 2.52. The van der Waals surface area contributed by atoms with Crippen molar-refractivity contribution in [2.24, 2.45) is 0 Å². The van der Waals surface area contributed by atoms with Gasteiger partial charge in [-0.2, -0.15) is 5.10 Å². The molecule has 4 rings (SSSR count). The molecule has 3 heterocycles. The summed E-state index contributed by atoms with van der Waals surface area (Å²) in [6, 6.07) is 8.25. The maximum Gasteiger partial charge on any atom is 0.497 e. The second-order valence-electron chi connectivity index (χ2n) is 7.65. The summed E-state index contributed by atoms with van der Waals surface area (Å²) >= 11 is 0. The molecular formula is C19H22BN3O2. The molecule has 25 heavy (non-hydrogen) atoms. The number of benzene rings is 1. The van der Waals surface area contributed by atoms with Gasteiger partial charge in [-0.25, -0.2) is 4.68 Å². The minimum absolute atomic E-state index is 0.383. The fourth-order valence-electron chi connectivity index (χ4n) is 3.09. The van der Waals surface area contributed by atoms with Crippen molar-refractivity contribution in [3.63, 3.8) is 0 Å². The molecule has 3 aromatic rings. The van der Waals surface area contributed by atoms with Crippen LogP contribution < -0.4 is 5.46 Å². The van der Waals surface area contributed by atoms with Gasteiger partial charge in [0.05, 0.1) is 34.8 Å². The largest absolute Gasteiger partial charge is 0.497 e. The Hall–Kier alpha value is -2.18. The number of rotatable bonds is 2. The SMILES string of the molecule is Cc1cccc(-n2ncc3c(B4OC(C)(C)C(C)(C)O4)cncc32)c1. The van der Waals surface area contributed by atoms with Gasteiger partial charge in [-0.15, -0.1) is 0 Å². The molecule has 0 N–H and O–H groups in total. The fourth-order valence-corrected chi connectivity index (χ4v) is 3.09. The number of hydrogen-bond acceptors (Lipinski definition) is 4. The molecule has 1 aliphatic rings. The van der Waals surface area contributed by atoms with Gasteiger partial charge in [-0.3, -0.25) is 4.98 Å². The normalized spacial score (nSPS) is 18.8. The van der Waals surface area contributed by atoms with Gasteiger partial charge in [0.2, 0.25) is 0 Å². The van der Waals surface area contributed by atoms with Gasteiger partial charge in [0, 0.05) is 17.0 Å². The van der Waals surface area contributed by atoms with E-state index in [9.17, 15) is 0 Å². The molecule has 1 aromatic carbocycles. The van der Waals surface area contributed by atoms with E-state index in [-0.39, 0.29) is 11.2 Å². The molecule has 0 amide bonds. The van der Waals surface area contributed by atoms with E-state index in [0.29, 0.717) is 0 Å². The zero-order valence-electron chi connectivity index (χ0n) is 15.3. The van der Waals surface area contributed by atoms with Crippen molar-refractivity contribution >= 4 is 23.5 Å². The van der Waals surface area contributed by atoms with Crippen molar-refractivity contribution in [3.8, 4) is 5.69 Å². The van der Waals surface area contributed by atoms with Crippen LogP contribution in [0.2, 0.25) is 0 Å². The molecule has 1 saturated heterocycles. The monoisotopic (exact) mass is 335 g/mol. The summed E-state index contributed by atoms with van der Waals surface area (Å²) in [7, 11) is -0.448. The van der Waals surface area contributed by atoms with E-state index in [1.807, 2.05) is 35.4 Å². The molecule has 1 aliphatic heterocycles. The lowest BCUT2D eigenvalue weighted by molar-refractivity contribution is 0.00578. The Kier molecular flexibility index (Phi) is 3.53. The molecule has 0 spiro atoms. The zero-order valence-corrected chi connectivity index (χ0v) is 15.3. The van der Waals surface area contributed by atoms with Crippen LogP contribution in [0.3, 0.4) is 0 Å². The summed E-state index contributed by atoms with van der Waals surface area (Å²) in [5.74, 6) is 0. The van der Waals surface area contributed by atoms with Crippen LogP contribution in [0, 0.1) is 6.92 Å². The molecule has 2 aromatic heterocycles. The van der Waals surface area contributed by atoms with Gasteiger partial charge in [0.25, 0.3) is 0 Å². The summed E-state index contributed by atoms with van der Waals surface area (Å²) in [6.45, 7) is 10.3. The van der Waals surface area contributed by atoms with E-state index < -0.39 is 7.12 Å². The quantitative estimate of drug-likeness (QED) is 0.676. The average Bonchev–Trinajstić information content (AvgIpc) is 3.05. The van der Waals surface area contributed by atoms with Gasteiger partial charge in [-0.05, 0) is 52.3 Å². The fraction of sp³-hybridized carbons (Fsp3) is 0.368. The smallest absolute Gasteiger partial charge is 0.399 e. The summed E-state index contributed by atoms with van der Waals surface area (Å²) in [5.41, 5.74) is 3.30. The Morgan fingerprint density at radius 3 is 2.40 bits per heavy atom. The maximum atomic E-state index is 6.19. The molecule has 0 radical (unpaired) electrons. The third-order valence-corrected chi connectivity index (χ3v) is 5.28. The van der Waals surface area contributed by atoms with Gasteiger partial charge in [0.1, 0.15) is 0 Å². The first-order chi connectivity index (χ1) is 11.8. The zero-order chi connectivity index (χ0) is 17.8. The lowest BCUT2D eigenvalue weighted by atomic mass is 9.78. The van der Waals surface area contributed by atoms with Gasteiger partial charge in [0.15, 0.2) is 0 Å². The number of nitrogens with zero attached hydrogens (tertiary/aromatic N) is 3. The molecule has 0 bridgehead atoms. The lowest BCUT2D eigenvalue weighted by Crippen LogP contribution is -2.41. The second-order valence-corrected chi connectivity index (χ2v) is 7.65. The second kappa shape index (κ2) is 5.41. The summed E-state index contributed by atoms with van der Waals surface area (Å²) in [5, 5.41) is 5.57. The predicted octanol–water partition coefficient (Wildman–Crippen LogP) is 3.03. The van der Waals surface area contributed by atoms with E-state index in [1.165, 1.54) is 5.56 Å². The maximum absolute atomic E-state index is 6.19. The first-order valence-corrected chi connectivity index (χ1v) is 8.53. The Labute approximate surface area is 148 Å². The highest BCUT2D eigenvalue weighted by molar-refractivity contribution is 6.65. The average molecular weight is 335 g/mol. The van der Waals surface area contributed by atoms with E-state index >= 15 is 0 Å². The summed E-state index contributed by atoms with van der Waals surface area (Å²) in [4.78, 5) is 4.41. The van der Waals surface area contributed by atoms with Crippen molar-refractivity contribution in [2.75, 3.05) is 0 Å². The number of fused-ring (bicyclic) bond motifs is 1. The number of aryl methyl sites for hydroxylation is 1. The van der Waals surface area contributed by atoms with Gasteiger partial charge >= 0.3 is 7.12 Å². The Morgan fingerprint density at radius 1 is 1.00 bits per heavy atom. The van der Waals surface area contributed by atoms with Crippen LogP contribution in [-0.2, 0) is 9.31 Å². The lowest BCUT2D eigenvalue weighted by Gasteiger charge is -2.32. The molecular weight excluding hydrogens is 313 g/mol. The van der Waals surface area contributed by atoms with Gasteiger partial charge in [-0.1, -0.05) is 12.1 Å². The molecule has 5 nitrogen and oxygen atoms in total. The van der Waals surface area contributed by atoms with Gasteiger partial charge < -0.3 is 9.31 Å². The van der Waals surface area contributed by atoms with E-state index in [1.54, 1.807) is 0 Å². The van der Waals surface area contributed by atoms with Crippen molar-refractivity contribution in [3.05, 3.63) is 48.4 Å². The van der Waals surface area contributed by atoms with Crippen LogP contribution in [0.4, 0.5) is 0 Å². The summed E-state index contributed by atoms with van der Waals surface area (Å²) < 4.78 is 14.3. The first-order valence-electron chi connectivity index (χ1n) is 8.53. The molecule has 0 atom stereocenters. The first kappa shape index (κ1) is 16.3. The van der Waals surface area contributed by atoms with Crippen LogP contribution in [0.15, 0.2) is 42.9 Å². The minimum Gasteiger partial charge on any atom is -0.399 e. The van der Waals surface area contributed by atoms with E-state index in [2.05, 4.69) is 56.8 Å². The van der Waals surface area contributed by atoms with Crippen molar-refractivity contribution in [1.82, 2.24) is 14.8 Å². The van der Waals surface area contributed by atoms with Crippen LogP contribution in [0.5, 0.6) is 0 Å².